The summed E-state index contributed by atoms with van der Waals surface area (Å²) in [6.45, 7) is 2.38. The number of benzene rings is 1. The highest BCUT2D eigenvalue weighted by atomic mass is 32.2. The Morgan fingerprint density at radius 2 is 1.75 bits per heavy atom. The largest absolute Gasteiger partial charge is 0.350 e. The lowest BCUT2D eigenvalue weighted by molar-refractivity contribution is -0.129. The lowest BCUT2D eigenvalue weighted by atomic mass is 10.2. The zero-order valence-electron chi connectivity index (χ0n) is 14.2. The van der Waals surface area contributed by atoms with E-state index < -0.39 is 10.0 Å². The van der Waals surface area contributed by atoms with E-state index in [0.29, 0.717) is 24.7 Å². The Kier molecular flexibility index (Phi) is 5.61. The van der Waals surface area contributed by atoms with E-state index in [2.05, 4.69) is 5.32 Å². The van der Waals surface area contributed by atoms with E-state index in [1.807, 2.05) is 0 Å². The van der Waals surface area contributed by atoms with Crippen molar-refractivity contribution in [1.29, 1.82) is 0 Å². The number of sulfonamides is 1. The van der Waals surface area contributed by atoms with Crippen LogP contribution < -0.4 is 5.32 Å². The van der Waals surface area contributed by atoms with Crippen LogP contribution in [0, 0.1) is 0 Å². The van der Waals surface area contributed by atoms with Crippen LogP contribution in [0.5, 0.6) is 0 Å². The van der Waals surface area contributed by atoms with Crippen molar-refractivity contribution in [2.75, 3.05) is 27.2 Å². The molecule has 0 aromatic heterocycles. The second-order valence-corrected chi connectivity index (χ2v) is 8.16. The Morgan fingerprint density at radius 1 is 1.17 bits per heavy atom. The minimum Gasteiger partial charge on any atom is -0.350 e. The van der Waals surface area contributed by atoms with E-state index in [9.17, 15) is 18.0 Å². The summed E-state index contributed by atoms with van der Waals surface area (Å²) in [5, 5.41) is 2.76. The fourth-order valence-corrected chi connectivity index (χ4v) is 3.27. The van der Waals surface area contributed by atoms with Gasteiger partial charge in [0.05, 0.1) is 4.90 Å². The highest BCUT2D eigenvalue weighted by Gasteiger charge is 2.30. The molecule has 0 heterocycles. The molecule has 0 unspecified atom stereocenters. The third kappa shape index (κ3) is 4.33. The summed E-state index contributed by atoms with van der Waals surface area (Å²) in [7, 11) is -0.592. The molecule has 7 nitrogen and oxygen atoms in total. The van der Waals surface area contributed by atoms with E-state index in [1.165, 1.54) is 45.3 Å². The van der Waals surface area contributed by atoms with Crippen molar-refractivity contribution in [1.82, 2.24) is 14.5 Å². The molecular formula is C16H23N3O4S. The van der Waals surface area contributed by atoms with Gasteiger partial charge in [0, 0.05) is 45.7 Å². The lowest BCUT2D eigenvalue weighted by Gasteiger charge is -2.20. The quantitative estimate of drug-likeness (QED) is 0.781. The Balaban J connectivity index is 1.92. The van der Waals surface area contributed by atoms with Gasteiger partial charge < -0.3 is 10.2 Å². The first-order valence-electron chi connectivity index (χ1n) is 7.81. The molecular weight excluding hydrogens is 330 g/mol. The van der Waals surface area contributed by atoms with Crippen LogP contribution in [0.1, 0.15) is 30.1 Å². The molecule has 132 valence electrons. The summed E-state index contributed by atoms with van der Waals surface area (Å²) in [6, 6.07) is 6.10. The van der Waals surface area contributed by atoms with Gasteiger partial charge in [-0.1, -0.05) is 0 Å². The predicted molar refractivity (Wildman–Crippen MR) is 90.1 cm³/mol. The van der Waals surface area contributed by atoms with Crippen LogP contribution in [0.3, 0.4) is 0 Å². The average Bonchev–Trinajstić information content (AvgIpc) is 3.35. The molecule has 1 aliphatic rings. The summed E-state index contributed by atoms with van der Waals surface area (Å²) in [6.07, 6.45) is 2.05. The van der Waals surface area contributed by atoms with Crippen molar-refractivity contribution >= 4 is 21.8 Å². The number of hydrogen-bond donors (Lipinski definition) is 1. The van der Waals surface area contributed by atoms with Crippen LogP contribution in [0.4, 0.5) is 0 Å². The number of nitrogens with zero attached hydrogens (tertiary/aromatic N) is 2. The summed E-state index contributed by atoms with van der Waals surface area (Å²) in [5.74, 6) is -0.270. The maximum absolute atomic E-state index is 12.1. The number of amides is 2. The Morgan fingerprint density at radius 3 is 2.21 bits per heavy atom. The molecule has 0 saturated heterocycles. The van der Waals surface area contributed by atoms with Gasteiger partial charge in [0.2, 0.25) is 15.9 Å². The van der Waals surface area contributed by atoms with Crippen molar-refractivity contribution < 1.29 is 18.0 Å². The van der Waals surface area contributed by atoms with E-state index in [-0.39, 0.29) is 16.7 Å². The molecule has 1 fully saturated rings. The van der Waals surface area contributed by atoms with Crippen LogP contribution in [0.2, 0.25) is 0 Å². The van der Waals surface area contributed by atoms with Crippen molar-refractivity contribution in [3.63, 3.8) is 0 Å². The highest BCUT2D eigenvalue weighted by molar-refractivity contribution is 7.89. The fourth-order valence-electron chi connectivity index (χ4n) is 2.36. The first-order valence-corrected chi connectivity index (χ1v) is 9.25. The second-order valence-electron chi connectivity index (χ2n) is 6.01. The molecule has 24 heavy (non-hydrogen) atoms. The summed E-state index contributed by atoms with van der Waals surface area (Å²) < 4.78 is 25.1. The fraction of sp³-hybridized carbons (Fsp3) is 0.500. The van der Waals surface area contributed by atoms with Crippen LogP contribution in [0.25, 0.3) is 0 Å². The molecule has 0 atom stereocenters. The molecule has 2 amide bonds. The minimum atomic E-state index is -3.50. The first-order chi connectivity index (χ1) is 11.2. The standard InChI is InChI=1S/C16H23N3O4S/c1-12(20)19(14-6-7-14)11-10-17-16(21)13-4-8-15(9-5-13)24(22,23)18(2)3/h4-5,8-9,14H,6-7,10-11H2,1-3H3,(H,17,21). The van der Waals surface area contributed by atoms with Crippen molar-refractivity contribution in [2.24, 2.45) is 0 Å². The molecule has 1 aromatic carbocycles. The van der Waals surface area contributed by atoms with Gasteiger partial charge in [-0.25, -0.2) is 12.7 Å². The molecule has 1 aromatic rings. The monoisotopic (exact) mass is 353 g/mol. The topological polar surface area (TPSA) is 86.8 Å². The van der Waals surface area contributed by atoms with E-state index in [0.717, 1.165) is 17.1 Å². The van der Waals surface area contributed by atoms with Gasteiger partial charge in [-0.2, -0.15) is 0 Å². The van der Waals surface area contributed by atoms with Crippen LogP contribution in [0.15, 0.2) is 29.2 Å². The first kappa shape index (κ1) is 18.4. The lowest BCUT2D eigenvalue weighted by Crippen LogP contribution is -2.38. The number of carbonyl (C=O) groups is 2. The normalized spacial score (nSPS) is 14.5. The maximum atomic E-state index is 12.1. The van der Waals surface area contributed by atoms with Gasteiger partial charge >= 0.3 is 0 Å². The Bertz CT molecular complexity index is 709. The van der Waals surface area contributed by atoms with Gasteiger partial charge in [-0.05, 0) is 37.1 Å². The number of carbonyl (C=O) groups excluding carboxylic acids is 2. The molecule has 2 rings (SSSR count). The SMILES string of the molecule is CC(=O)N(CCNC(=O)c1ccc(S(=O)(=O)N(C)C)cc1)C1CC1. The predicted octanol–water partition coefficient (Wildman–Crippen LogP) is 0.678. The number of hydrogen-bond acceptors (Lipinski definition) is 4. The van der Waals surface area contributed by atoms with Crippen LogP contribution >= 0.6 is 0 Å². The summed E-state index contributed by atoms with van der Waals surface area (Å²) in [4.78, 5) is 25.5. The molecule has 0 spiro atoms. The average molecular weight is 353 g/mol. The summed E-state index contributed by atoms with van der Waals surface area (Å²) >= 11 is 0. The maximum Gasteiger partial charge on any atom is 0.251 e. The van der Waals surface area contributed by atoms with E-state index in [1.54, 1.807) is 4.90 Å². The molecule has 1 saturated carbocycles. The third-order valence-corrected chi connectivity index (χ3v) is 5.75. The van der Waals surface area contributed by atoms with Gasteiger partial charge in [0.25, 0.3) is 5.91 Å². The van der Waals surface area contributed by atoms with E-state index in [4.69, 9.17) is 0 Å². The molecule has 8 heteroatoms. The van der Waals surface area contributed by atoms with Crippen molar-refractivity contribution in [3.05, 3.63) is 29.8 Å². The summed E-state index contributed by atoms with van der Waals surface area (Å²) in [5.41, 5.74) is 0.383. The van der Waals surface area contributed by atoms with E-state index >= 15 is 0 Å². The van der Waals surface area contributed by atoms with Gasteiger partial charge in [-0.3, -0.25) is 9.59 Å². The van der Waals surface area contributed by atoms with Gasteiger partial charge in [0.15, 0.2) is 0 Å². The minimum absolute atomic E-state index is 0.0185. The van der Waals surface area contributed by atoms with Crippen LogP contribution in [-0.2, 0) is 14.8 Å². The molecule has 0 aliphatic heterocycles. The van der Waals surface area contributed by atoms with Crippen molar-refractivity contribution in [2.45, 2.75) is 30.7 Å². The molecule has 1 aliphatic carbocycles. The second kappa shape index (κ2) is 7.31. The molecule has 0 bridgehead atoms. The van der Waals surface area contributed by atoms with Crippen LogP contribution in [-0.4, -0.2) is 62.7 Å². The van der Waals surface area contributed by atoms with Gasteiger partial charge in [0.1, 0.15) is 0 Å². The number of rotatable bonds is 7. The number of nitrogens with one attached hydrogen (secondary N) is 1. The van der Waals surface area contributed by atoms with Gasteiger partial charge in [-0.15, -0.1) is 0 Å². The molecule has 1 N–H and O–H groups in total. The zero-order valence-corrected chi connectivity index (χ0v) is 15.0. The highest BCUT2D eigenvalue weighted by Crippen LogP contribution is 2.26. The third-order valence-electron chi connectivity index (χ3n) is 3.93. The smallest absolute Gasteiger partial charge is 0.251 e. The Labute approximate surface area is 142 Å². The molecule has 0 radical (unpaired) electrons. The Hall–Kier alpha value is -1.93. The van der Waals surface area contributed by atoms with Crippen molar-refractivity contribution in [3.8, 4) is 0 Å². The zero-order chi connectivity index (χ0) is 17.9.